The minimum atomic E-state index is -3.74. The number of amides is 1. The highest BCUT2D eigenvalue weighted by Crippen LogP contribution is 2.20. The van der Waals surface area contributed by atoms with Gasteiger partial charge in [0.05, 0.1) is 4.90 Å². The molecule has 0 saturated heterocycles. The molecule has 1 amide bonds. The maximum absolute atomic E-state index is 12.2. The summed E-state index contributed by atoms with van der Waals surface area (Å²) in [6.07, 6.45) is 1.99. The zero-order chi connectivity index (χ0) is 17.7. The summed E-state index contributed by atoms with van der Waals surface area (Å²) < 4.78 is 22.4. The Hall–Kier alpha value is -2.03. The molecule has 8 heteroatoms. The van der Waals surface area contributed by atoms with Gasteiger partial charge < -0.3 is 10.6 Å². The van der Waals surface area contributed by atoms with Gasteiger partial charge in [-0.1, -0.05) is 6.07 Å². The van der Waals surface area contributed by atoms with Crippen molar-refractivity contribution in [2.24, 2.45) is 5.14 Å². The number of carbonyl (C=O) groups excluding carboxylic acids is 1. The number of benzene rings is 2. The highest BCUT2D eigenvalue weighted by Gasteiger charge is 2.14. The molecule has 0 aliphatic rings. The quantitative estimate of drug-likeness (QED) is 0.683. The fourth-order valence-corrected chi connectivity index (χ4v) is 2.98. The predicted octanol–water partition coefficient (Wildman–Crippen LogP) is 2.50. The lowest BCUT2D eigenvalue weighted by Gasteiger charge is -2.16. The summed E-state index contributed by atoms with van der Waals surface area (Å²) in [5, 5.41) is 10.9. The minimum absolute atomic E-state index is 0.000512. The summed E-state index contributed by atoms with van der Waals surface area (Å²) in [6.45, 7) is 1.75. The fourth-order valence-electron chi connectivity index (χ4n) is 2.01. The third kappa shape index (κ3) is 4.98. The first-order valence-electron chi connectivity index (χ1n) is 7.14. The average Bonchev–Trinajstić information content (AvgIpc) is 2.54. The molecule has 0 aliphatic heterocycles. The first-order chi connectivity index (χ1) is 11.3. The summed E-state index contributed by atoms with van der Waals surface area (Å²) in [6, 6.07) is 13.0. The molecule has 0 bridgehead atoms. The van der Waals surface area contributed by atoms with Gasteiger partial charge in [-0.05, 0) is 55.6 Å². The molecule has 1 atom stereocenters. The van der Waals surface area contributed by atoms with Crippen LogP contribution in [0.25, 0.3) is 0 Å². The molecule has 6 nitrogen and oxygen atoms in total. The Balaban J connectivity index is 2.00. The van der Waals surface area contributed by atoms with E-state index in [0.29, 0.717) is 5.69 Å². The maximum atomic E-state index is 12.2. The van der Waals surface area contributed by atoms with Gasteiger partial charge in [-0.3, -0.25) is 4.79 Å². The smallest absolute Gasteiger partial charge is 0.246 e. The molecule has 2 aromatic carbocycles. The van der Waals surface area contributed by atoms with Gasteiger partial charge in [0.15, 0.2) is 0 Å². The van der Waals surface area contributed by atoms with Crippen molar-refractivity contribution in [3.05, 3.63) is 48.5 Å². The molecule has 0 fully saturated rings. The van der Waals surface area contributed by atoms with Crippen molar-refractivity contribution in [3.8, 4) is 0 Å². The standard InChI is InChI=1S/C16H19N3O3S2/c1-11(18-13-4-3-5-14(10-13)23-2)16(20)19-12-6-8-15(9-7-12)24(17,21)22/h3-11,18H,1-2H3,(H,19,20)(H2,17,21,22)/t11-/m0/s1. The van der Waals surface area contributed by atoms with Crippen LogP contribution in [0.3, 0.4) is 0 Å². The van der Waals surface area contributed by atoms with E-state index >= 15 is 0 Å². The van der Waals surface area contributed by atoms with Crippen LogP contribution in [-0.4, -0.2) is 26.6 Å². The van der Waals surface area contributed by atoms with Crippen LogP contribution in [0.2, 0.25) is 0 Å². The Kier molecular flexibility index (Phi) is 5.87. The lowest BCUT2D eigenvalue weighted by atomic mass is 10.2. The molecule has 4 N–H and O–H groups in total. The van der Waals surface area contributed by atoms with Gasteiger partial charge in [-0.25, -0.2) is 13.6 Å². The predicted molar refractivity (Wildman–Crippen MR) is 97.8 cm³/mol. The molecule has 2 aromatic rings. The third-order valence-electron chi connectivity index (χ3n) is 3.30. The van der Waals surface area contributed by atoms with Gasteiger partial charge in [0.2, 0.25) is 15.9 Å². The second-order valence-corrected chi connectivity index (χ2v) is 7.60. The second-order valence-electron chi connectivity index (χ2n) is 5.16. The molecule has 128 valence electrons. The van der Waals surface area contributed by atoms with Gasteiger partial charge in [-0.2, -0.15) is 0 Å². The van der Waals surface area contributed by atoms with Crippen molar-refractivity contribution < 1.29 is 13.2 Å². The number of hydrogen-bond acceptors (Lipinski definition) is 5. The van der Waals surface area contributed by atoms with E-state index < -0.39 is 16.1 Å². The van der Waals surface area contributed by atoms with E-state index in [9.17, 15) is 13.2 Å². The Morgan fingerprint density at radius 2 is 1.79 bits per heavy atom. The number of anilines is 2. The molecule has 24 heavy (non-hydrogen) atoms. The Morgan fingerprint density at radius 1 is 1.12 bits per heavy atom. The van der Waals surface area contributed by atoms with Crippen LogP contribution in [0.15, 0.2) is 58.3 Å². The lowest BCUT2D eigenvalue weighted by Crippen LogP contribution is -2.31. The number of hydrogen-bond donors (Lipinski definition) is 3. The Morgan fingerprint density at radius 3 is 2.38 bits per heavy atom. The number of thioether (sulfide) groups is 1. The number of nitrogens with one attached hydrogen (secondary N) is 2. The number of nitrogens with two attached hydrogens (primary N) is 1. The monoisotopic (exact) mass is 365 g/mol. The van der Waals surface area contributed by atoms with Gasteiger partial charge >= 0.3 is 0 Å². The normalized spacial score (nSPS) is 12.5. The van der Waals surface area contributed by atoms with E-state index in [2.05, 4.69) is 10.6 Å². The molecule has 0 saturated carbocycles. The summed E-state index contributed by atoms with van der Waals surface area (Å²) >= 11 is 1.62. The second kappa shape index (κ2) is 7.69. The van der Waals surface area contributed by atoms with Gasteiger partial charge in [-0.15, -0.1) is 11.8 Å². The largest absolute Gasteiger partial charge is 0.374 e. The van der Waals surface area contributed by atoms with Gasteiger partial charge in [0.1, 0.15) is 6.04 Å². The van der Waals surface area contributed by atoms with Gasteiger partial charge in [0.25, 0.3) is 0 Å². The van der Waals surface area contributed by atoms with Crippen LogP contribution in [-0.2, 0) is 14.8 Å². The van der Waals surface area contributed by atoms with E-state index in [1.165, 1.54) is 24.3 Å². The molecule has 0 aliphatic carbocycles. The third-order valence-corrected chi connectivity index (χ3v) is 4.95. The van der Waals surface area contributed by atoms with Crippen LogP contribution in [0.1, 0.15) is 6.92 Å². The number of primary sulfonamides is 1. The summed E-state index contributed by atoms with van der Waals surface area (Å²) in [4.78, 5) is 13.3. The van der Waals surface area contributed by atoms with E-state index in [0.717, 1.165) is 10.6 Å². The average molecular weight is 365 g/mol. The molecule has 0 heterocycles. The number of rotatable bonds is 6. The first kappa shape index (κ1) is 18.3. The summed E-state index contributed by atoms with van der Waals surface area (Å²) in [7, 11) is -3.74. The molecule has 0 spiro atoms. The van der Waals surface area contributed by atoms with Crippen molar-refractivity contribution in [2.75, 3.05) is 16.9 Å². The van der Waals surface area contributed by atoms with Crippen LogP contribution in [0, 0.1) is 0 Å². The van der Waals surface area contributed by atoms with E-state index in [1.54, 1.807) is 18.7 Å². The molecular formula is C16H19N3O3S2. The van der Waals surface area contributed by atoms with Crippen LogP contribution in [0.5, 0.6) is 0 Å². The van der Waals surface area contributed by atoms with Crippen molar-refractivity contribution >= 4 is 39.1 Å². The zero-order valence-corrected chi connectivity index (χ0v) is 14.9. The zero-order valence-electron chi connectivity index (χ0n) is 13.3. The number of sulfonamides is 1. The molecular weight excluding hydrogens is 346 g/mol. The number of carbonyl (C=O) groups is 1. The maximum Gasteiger partial charge on any atom is 0.246 e. The SMILES string of the molecule is CSc1cccc(N[C@@H](C)C(=O)Nc2ccc(S(N)(=O)=O)cc2)c1. The lowest BCUT2D eigenvalue weighted by molar-refractivity contribution is -0.116. The highest BCUT2D eigenvalue weighted by molar-refractivity contribution is 7.98. The Bertz CT molecular complexity index is 821. The molecule has 0 aromatic heterocycles. The van der Waals surface area contributed by atoms with Crippen LogP contribution in [0.4, 0.5) is 11.4 Å². The summed E-state index contributed by atoms with van der Waals surface area (Å²) in [5.74, 6) is -0.229. The molecule has 2 rings (SSSR count). The van der Waals surface area contributed by atoms with E-state index in [-0.39, 0.29) is 10.8 Å². The van der Waals surface area contributed by atoms with Crippen molar-refractivity contribution in [1.29, 1.82) is 0 Å². The van der Waals surface area contributed by atoms with E-state index in [1.807, 2.05) is 30.5 Å². The molecule has 0 unspecified atom stereocenters. The van der Waals surface area contributed by atoms with Crippen molar-refractivity contribution in [2.45, 2.75) is 22.8 Å². The molecule has 0 radical (unpaired) electrons. The fraction of sp³-hybridized carbons (Fsp3) is 0.188. The van der Waals surface area contributed by atoms with E-state index in [4.69, 9.17) is 5.14 Å². The van der Waals surface area contributed by atoms with Crippen LogP contribution >= 0.6 is 11.8 Å². The minimum Gasteiger partial charge on any atom is -0.374 e. The first-order valence-corrected chi connectivity index (χ1v) is 9.91. The van der Waals surface area contributed by atoms with Crippen molar-refractivity contribution in [1.82, 2.24) is 0 Å². The van der Waals surface area contributed by atoms with Crippen LogP contribution < -0.4 is 15.8 Å². The van der Waals surface area contributed by atoms with Gasteiger partial charge in [0, 0.05) is 16.3 Å². The topological polar surface area (TPSA) is 101 Å². The van der Waals surface area contributed by atoms with Crippen molar-refractivity contribution in [3.63, 3.8) is 0 Å². The Labute approximate surface area is 145 Å². The highest BCUT2D eigenvalue weighted by atomic mass is 32.2. The summed E-state index contributed by atoms with van der Waals surface area (Å²) in [5.41, 5.74) is 1.35.